The number of aryl methyl sites for hydroxylation is 1. The molecule has 2 aromatic carbocycles. The summed E-state index contributed by atoms with van der Waals surface area (Å²) in [5.74, 6) is 0. The lowest BCUT2D eigenvalue weighted by atomic mass is 10.1. The first-order valence-electron chi connectivity index (χ1n) is 6.06. The quantitative estimate of drug-likeness (QED) is 0.786. The van der Waals surface area contributed by atoms with Crippen molar-refractivity contribution < 1.29 is 8.42 Å². The van der Waals surface area contributed by atoms with E-state index < -0.39 is 10.0 Å². The van der Waals surface area contributed by atoms with Crippen molar-refractivity contribution in [2.75, 3.05) is 0 Å². The first-order chi connectivity index (χ1) is 9.18. The molecule has 0 radical (unpaired) electrons. The molecule has 0 saturated carbocycles. The van der Waals surface area contributed by atoms with Crippen molar-refractivity contribution in [3.63, 3.8) is 0 Å². The Morgan fingerprint density at radius 3 is 2.11 bits per heavy atom. The second-order valence-electron chi connectivity index (χ2n) is 4.10. The van der Waals surface area contributed by atoms with E-state index in [1.807, 2.05) is 30.3 Å². The van der Waals surface area contributed by atoms with E-state index in [9.17, 15) is 8.42 Å². The summed E-state index contributed by atoms with van der Waals surface area (Å²) in [5, 5.41) is 0. The van der Waals surface area contributed by atoms with Crippen LogP contribution in [0.2, 0.25) is 0 Å². The van der Waals surface area contributed by atoms with Crippen LogP contribution in [0.25, 0.3) is 0 Å². The fraction of sp³-hybridized carbons (Fsp3) is 0.133. The molecule has 4 heteroatoms. The third kappa shape index (κ3) is 4.03. The maximum absolute atomic E-state index is 11.8. The Labute approximate surface area is 113 Å². The summed E-state index contributed by atoms with van der Waals surface area (Å²) in [5.41, 5.74) is 1.17. The van der Waals surface area contributed by atoms with Crippen LogP contribution in [0.4, 0.5) is 0 Å². The second kappa shape index (κ2) is 6.29. The molecule has 0 atom stereocenters. The third-order valence-electron chi connectivity index (χ3n) is 2.66. The smallest absolute Gasteiger partial charge is 0.199 e. The minimum Gasteiger partial charge on any atom is -0.199 e. The topological polar surface area (TPSA) is 46.5 Å². The van der Waals surface area contributed by atoms with Crippen LogP contribution in [0.5, 0.6) is 0 Å². The average molecular weight is 273 g/mol. The normalized spacial score (nSPS) is 11.8. The van der Waals surface area contributed by atoms with Crippen molar-refractivity contribution >= 4 is 16.2 Å². The molecule has 0 amide bonds. The van der Waals surface area contributed by atoms with Crippen molar-refractivity contribution in [2.45, 2.75) is 17.7 Å². The van der Waals surface area contributed by atoms with Gasteiger partial charge in [-0.1, -0.05) is 48.5 Å². The Kier molecular flexibility index (Phi) is 4.47. The van der Waals surface area contributed by atoms with Crippen molar-refractivity contribution in [2.24, 2.45) is 4.40 Å². The molecule has 0 saturated heterocycles. The lowest BCUT2D eigenvalue weighted by Crippen LogP contribution is -1.97. The van der Waals surface area contributed by atoms with Gasteiger partial charge in [-0.2, -0.15) is 12.8 Å². The predicted octanol–water partition coefficient (Wildman–Crippen LogP) is 3.08. The van der Waals surface area contributed by atoms with Crippen molar-refractivity contribution in [3.05, 3.63) is 66.2 Å². The van der Waals surface area contributed by atoms with Crippen molar-refractivity contribution in [3.8, 4) is 0 Å². The summed E-state index contributed by atoms with van der Waals surface area (Å²) in [4.78, 5) is 0.228. The third-order valence-corrected chi connectivity index (χ3v) is 3.95. The van der Waals surface area contributed by atoms with Crippen LogP contribution in [0, 0.1) is 0 Å². The van der Waals surface area contributed by atoms with E-state index in [0.717, 1.165) is 6.42 Å². The Morgan fingerprint density at radius 1 is 0.895 bits per heavy atom. The summed E-state index contributed by atoms with van der Waals surface area (Å²) in [6, 6.07) is 18.2. The highest BCUT2D eigenvalue weighted by Crippen LogP contribution is 2.10. The summed E-state index contributed by atoms with van der Waals surface area (Å²) < 4.78 is 27.4. The van der Waals surface area contributed by atoms with Crippen molar-refractivity contribution in [1.29, 1.82) is 0 Å². The SMILES string of the molecule is O=S(=O)(/N=C/CCc1ccccc1)c1ccccc1. The van der Waals surface area contributed by atoms with Gasteiger partial charge in [0.1, 0.15) is 0 Å². The van der Waals surface area contributed by atoms with Crippen LogP contribution in [0.3, 0.4) is 0 Å². The molecule has 0 aliphatic carbocycles. The van der Waals surface area contributed by atoms with Gasteiger partial charge >= 0.3 is 0 Å². The van der Waals surface area contributed by atoms with Gasteiger partial charge in [-0.25, -0.2) is 0 Å². The molecule has 2 aromatic rings. The molecular formula is C15H15NO2S. The summed E-state index contributed by atoms with van der Waals surface area (Å²) in [7, 11) is -3.55. The molecule has 0 heterocycles. The van der Waals surface area contributed by atoms with E-state index in [-0.39, 0.29) is 4.90 Å². The fourth-order valence-corrected chi connectivity index (χ4v) is 2.60. The number of benzene rings is 2. The van der Waals surface area contributed by atoms with Gasteiger partial charge < -0.3 is 0 Å². The number of hydrogen-bond donors (Lipinski definition) is 0. The van der Waals surface area contributed by atoms with Crippen molar-refractivity contribution in [1.82, 2.24) is 0 Å². The van der Waals surface area contributed by atoms with Crippen LogP contribution < -0.4 is 0 Å². The molecule has 0 fully saturated rings. The highest BCUT2D eigenvalue weighted by Gasteiger charge is 2.09. The summed E-state index contributed by atoms with van der Waals surface area (Å²) in [6.07, 6.45) is 2.86. The van der Waals surface area contributed by atoms with E-state index in [4.69, 9.17) is 0 Å². The van der Waals surface area contributed by atoms with Gasteiger partial charge in [-0.15, -0.1) is 0 Å². The van der Waals surface area contributed by atoms with E-state index >= 15 is 0 Å². The van der Waals surface area contributed by atoms with Gasteiger partial charge in [0, 0.05) is 6.21 Å². The molecule has 0 aliphatic heterocycles. The van der Waals surface area contributed by atoms with Gasteiger partial charge in [-0.3, -0.25) is 0 Å². The fourth-order valence-electron chi connectivity index (χ4n) is 1.68. The lowest BCUT2D eigenvalue weighted by Gasteiger charge is -1.98. The van der Waals surface area contributed by atoms with E-state index in [2.05, 4.69) is 4.40 Å². The van der Waals surface area contributed by atoms with Gasteiger partial charge in [0.2, 0.25) is 0 Å². The molecule has 19 heavy (non-hydrogen) atoms. The monoisotopic (exact) mass is 273 g/mol. The second-order valence-corrected chi connectivity index (χ2v) is 5.73. The Hall–Kier alpha value is -1.94. The first kappa shape index (κ1) is 13.5. The molecule has 0 aliphatic rings. The molecule has 0 spiro atoms. The standard InChI is InChI=1S/C15H15NO2S/c17-19(18,15-11-5-2-6-12-15)16-13-7-10-14-8-3-1-4-9-14/h1-6,8-9,11-13H,7,10H2/b16-13+. The highest BCUT2D eigenvalue weighted by atomic mass is 32.2. The zero-order valence-electron chi connectivity index (χ0n) is 10.4. The van der Waals surface area contributed by atoms with Gasteiger partial charge in [0.05, 0.1) is 4.90 Å². The van der Waals surface area contributed by atoms with Crippen LogP contribution in [-0.4, -0.2) is 14.6 Å². The number of hydrogen-bond acceptors (Lipinski definition) is 2. The van der Waals surface area contributed by atoms with Gasteiger partial charge in [0.15, 0.2) is 0 Å². The maximum Gasteiger partial charge on any atom is 0.281 e. The minimum absolute atomic E-state index is 0.228. The van der Waals surface area contributed by atoms with E-state index in [1.165, 1.54) is 11.8 Å². The zero-order valence-corrected chi connectivity index (χ0v) is 11.3. The lowest BCUT2D eigenvalue weighted by molar-refractivity contribution is 0.598. The van der Waals surface area contributed by atoms with E-state index in [1.54, 1.807) is 30.3 Å². The molecule has 98 valence electrons. The van der Waals surface area contributed by atoms with Crippen LogP contribution >= 0.6 is 0 Å². The largest absolute Gasteiger partial charge is 0.281 e. The Bertz CT molecular complexity index is 634. The van der Waals surface area contributed by atoms with Crippen LogP contribution in [0.15, 0.2) is 70.0 Å². The Balaban J connectivity index is 1.96. The van der Waals surface area contributed by atoms with Crippen LogP contribution in [-0.2, 0) is 16.4 Å². The minimum atomic E-state index is -3.55. The van der Waals surface area contributed by atoms with E-state index in [0.29, 0.717) is 6.42 Å². The highest BCUT2D eigenvalue weighted by molar-refractivity contribution is 7.90. The number of nitrogens with zero attached hydrogens (tertiary/aromatic N) is 1. The van der Waals surface area contributed by atoms with Gasteiger partial charge in [-0.05, 0) is 30.5 Å². The molecule has 0 aromatic heterocycles. The molecule has 0 N–H and O–H groups in total. The molecule has 2 rings (SSSR count). The maximum atomic E-state index is 11.8. The average Bonchev–Trinajstić information content (AvgIpc) is 2.46. The predicted molar refractivity (Wildman–Crippen MR) is 76.9 cm³/mol. The number of sulfonamides is 1. The molecule has 3 nitrogen and oxygen atoms in total. The molecular weight excluding hydrogens is 258 g/mol. The Morgan fingerprint density at radius 2 is 1.47 bits per heavy atom. The van der Waals surface area contributed by atoms with Gasteiger partial charge in [0.25, 0.3) is 10.0 Å². The molecule has 0 bridgehead atoms. The number of rotatable bonds is 5. The van der Waals surface area contributed by atoms with Crippen LogP contribution in [0.1, 0.15) is 12.0 Å². The summed E-state index contributed by atoms with van der Waals surface area (Å²) >= 11 is 0. The molecule has 0 unspecified atom stereocenters. The first-order valence-corrected chi connectivity index (χ1v) is 7.50. The zero-order chi connectivity index (χ0) is 13.6. The summed E-state index contributed by atoms with van der Waals surface area (Å²) in [6.45, 7) is 0.